The summed E-state index contributed by atoms with van der Waals surface area (Å²) in [5, 5.41) is 16.8. The highest BCUT2D eigenvalue weighted by molar-refractivity contribution is 5.05. The zero-order chi connectivity index (χ0) is 13.1. The minimum atomic E-state index is -0.513. The minimum absolute atomic E-state index is 0.153. The van der Waals surface area contributed by atoms with Gasteiger partial charge < -0.3 is 0 Å². The Morgan fingerprint density at radius 2 is 2.18 bits per heavy atom. The Labute approximate surface area is 103 Å². The second kappa shape index (κ2) is 5.28. The van der Waals surface area contributed by atoms with E-state index in [4.69, 9.17) is 0 Å². The predicted molar refractivity (Wildman–Crippen MR) is 66.5 cm³/mol. The quantitative estimate of drug-likeness (QED) is 0.844. The van der Waals surface area contributed by atoms with E-state index >= 15 is 0 Å². The number of hydrogen-bond donors (Lipinski definition) is 1. The van der Waals surface area contributed by atoms with Crippen molar-refractivity contribution < 1.29 is 0 Å². The average molecular weight is 235 g/mol. The highest BCUT2D eigenvalue weighted by atomic mass is 15.4. The third-order valence-corrected chi connectivity index (χ3v) is 2.84. The van der Waals surface area contributed by atoms with Crippen molar-refractivity contribution in [2.45, 2.75) is 52.6 Å². The highest BCUT2D eigenvalue weighted by Crippen LogP contribution is 2.20. The number of nitrogens with zero attached hydrogens (tertiary/aromatic N) is 4. The molecule has 1 aromatic rings. The maximum absolute atomic E-state index is 9.23. The number of aryl methyl sites for hydroxylation is 2. The van der Waals surface area contributed by atoms with Gasteiger partial charge in [-0.15, -0.1) is 0 Å². The average Bonchev–Trinajstić information content (AvgIpc) is 2.58. The normalized spacial score (nSPS) is 16.2. The molecule has 0 spiro atoms. The molecule has 0 aliphatic heterocycles. The predicted octanol–water partition coefficient (Wildman–Crippen LogP) is 1.74. The summed E-state index contributed by atoms with van der Waals surface area (Å²) in [7, 11) is 0. The van der Waals surface area contributed by atoms with Crippen molar-refractivity contribution in [1.82, 2.24) is 20.1 Å². The maximum Gasteiger partial charge on any atom is 0.147 e. The van der Waals surface area contributed by atoms with Gasteiger partial charge in [0.05, 0.1) is 12.1 Å². The van der Waals surface area contributed by atoms with Gasteiger partial charge in [-0.1, -0.05) is 6.92 Å². The van der Waals surface area contributed by atoms with Crippen LogP contribution in [0, 0.1) is 25.2 Å². The monoisotopic (exact) mass is 235 g/mol. The van der Waals surface area contributed by atoms with E-state index in [1.54, 1.807) is 0 Å². The lowest BCUT2D eigenvalue weighted by molar-refractivity contribution is 0.333. The first kappa shape index (κ1) is 13.7. The second-order valence-electron chi connectivity index (χ2n) is 4.68. The molecule has 0 amide bonds. The molecule has 0 saturated heterocycles. The maximum atomic E-state index is 9.23. The Morgan fingerprint density at radius 3 is 2.59 bits per heavy atom. The van der Waals surface area contributed by atoms with Crippen LogP contribution >= 0.6 is 0 Å². The smallest absolute Gasteiger partial charge is 0.147 e. The molecule has 0 fully saturated rings. The Hall–Kier alpha value is -1.41. The Balaban J connectivity index is 2.82. The third kappa shape index (κ3) is 3.27. The first-order valence-corrected chi connectivity index (χ1v) is 5.98. The van der Waals surface area contributed by atoms with Gasteiger partial charge in [-0.3, -0.25) is 5.32 Å². The van der Waals surface area contributed by atoms with Gasteiger partial charge in [-0.05, 0) is 34.2 Å². The fourth-order valence-corrected chi connectivity index (χ4v) is 2.18. The summed E-state index contributed by atoms with van der Waals surface area (Å²) >= 11 is 0. The van der Waals surface area contributed by atoms with Crippen LogP contribution in [-0.4, -0.2) is 26.8 Å². The highest BCUT2D eigenvalue weighted by Gasteiger charge is 2.26. The van der Waals surface area contributed by atoms with Crippen LogP contribution in [-0.2, 0) is 0 Å². The molecule has 2 unspecified atom stereocenters. The molecule has 0 aromatic carbocycles. The van der Waals surface area contributed by atoms with Gasteiger partial charge in [0.2, 0.25) is 0 Å². The van der Waals surface area contributed by atoms with Crippen LogP contribution in [0.25, 0.3) is 0 Å². The summed E-state index contributed by atoms with van der Waals surface area (Å²) in [6.07, 6.45) is 0.709. The topological polar surface area (TPSA) is 66.5 Å². The molecule has 0 radical (unpaired) electrons. The molecule has 0 aliphatic carbocycles. The number of hydrogen-bond acceptors (Lipinski definition) is 4. The fraction of sp³-hybridized carbons (Fsp3) is 0.750. The lowest BCUT2D eigenvalue weighted by atomic mass is 9.95. The van der Waals surface area contributed by atoms with E-state index in [1.807, 2.05) is 32.4 Å². The van der Waals surface area contributed by atoms with Crippen molar-refractivity contribution in [2.24, 2.45) is 0 Å². The first-order valence-electron chi connectivity index (χ1n) is 5.98. The van der Waals surface area contributed by atoms with Crippen molar-refractivity contribution >= 4 is 0 Å². The van der Waals surface area contributed by atoms with E-state index in [9.17, 15) is 5.26 Å². The summed E-state index contributed by atoms with van der Waals surface area (Å²) in [4.78, 5) is 4.28. The van der Waals surface area contributed by atoms with Crippen LogP contribution in [0.5, 0.6) is 0 Å². The molecule has 0 saturated carbocycles. The molecule has 5 nitrogen and oxygen atoms in total. The van der Waals surface area contributed by atoms with Crippen molar-refractivity contribution in [3.63, 3.8) is 0 Å². The summed E-state index contributed by atoms with van der Waals surface area (Å²) in [5.74, 6) is 1.67. The van der Waals surface area contributed by atoms with Crippen molar-refractivity contribution in [2.75, 3.05) is 6.54 Å². The molecule has 1 aromatic heterocycles. The molecular formula is C12H21N5. The number of rotatable bonds is 5. The molecule has 1 N–H and O–H groups in total. The van der Waals surface area contributed by atoms with Gasteiger partial charge in [0.25, 0.3) is 0 Å². The number of aromatic nitrogens is 3. The van der Waals surface area contributed by atoms with Gasteiger partial charge in [-0.2, -0.15) is 10.4 Å². The zero-order valence-corrected chi connectivity index (χ0v) is 11.3. The lowest BCUT2D eigenvalue weighted by Gasteiger charge is -2.26. The molecule has 5 heteroatoms. The SMILES string of the molecule is CCNC(C)(C#N)CC(C)n1nc(C)nc1C. The van der Waals surface area contributed by atoms with Crippen LogP contribution in [0.15, 0.2) is 0 Å². The van der Waals surface area contributed by atoms with Crippen molar-refractivity contribution in [3.05, 3.63) is 11.6 Å². The first-order chi connectivity index (χ1) is 7.91. The van der Waals surface area contributed by atoms with Crippen LogP contribution in [0.3, 0.4) is 0 Å². The van der Waals surface area contributed by atoms with Gasteiger partial charge in [0.1, 0.15) is 17.2 Å². The Morgan fingerprint density at radius 1 is 1.53 bits per heavy atom. The Kier molecular flexibility index (Phi) is 4.24. The molecule has 17 heavy (non-hydrogen) atoms. The van der Waals surface area contributed by atoms with E-state index in [2.05, 4.69) is 28.4 Å². The largest absolute Gasteiger partial charge is 0.300 e. The molecule has 2 atom stereocenters. The summed E-state index contributed by atoms with van der Waals surface area (Å²) < 4.78 is 1.89. The van der Waals surface area contributed by atoms with Gasteiger partial charge in [0.15, 0.2) is 0 Å². The van der Waals surface area contributed by atoms with Gasteiger partial charge >= 0.3 is 0 Å². The van der Waals surface area contributed by atoms with E-state index in [1.165, 1.54) is 0 Å². The molecule has 0 aliphatic rings. The van der Waals surface area contributed by atoms with Gasteiger partial charge in [-0.25, -0.2) is 9.67 Å². The third-order valence-electron chi connectivity index (χ3n) is 2.84. The number of nitriles is 1. The van der Waals surface area contributed by atoms with Crippen molar-refractivity contribution in [3.8, 4) is 6.07 Å². The van der Waals surface area contributed by atoms with E-state index < -0.39 is 5.54 Å². The summed E-state index contributed by atoms with van der Waals surface area (Å²) in [5.41, 5.74) is -0.513. The molecule has 1 heterocycles. The van der Waals surface area contributed by atoms with Crippen LogP contribution in [0.4, 0.5) is 0 Å². The van der Waals surface area contributed by atoms with Crippen LogP contribution < -0.4 is 5.32 Å². The fourth-order valence-electron chi connectivity index (χ4n) is 2.18. The van der Waals surface area contributed by atoms with E-state index in [0.717, 1.165) is 18.2 Å². The van der Waals surface area contributed by atoms with E-state index in [-0.39, 0.29) is 6.04 Å². The summed E-state index contributed by atoms with van der Waals surface area (Å²) in [6.45, 7) is 10.6. The molecule has 94 valence electrons. The second-order valence-corrected chi connectivity index (χ2v) is 4.68. The molecular weight excluding hydrogens is 214 g/mol. The minimum Gasteiger partial charge on any atom is -0.300 e. The van der Waals surface area contributed by atoms with Crippen LogP contribution in [0.1, 0.15) is 44.9 Å². The van der Waals surface area contributed by atoms with Crippen molar-refractivity contribution in [1.29, 1.82) is 5.26 Å². The molecule has 0 bridgehead atoms. The number of nitrogens with one attached hydrogen (secondary N) is 1. The van der Waals surface area contributed by atoms with Crippen LogP contribution in [0.2, 0.25) is 0 Å². The zero-order valence-electron chi connectivity index (χ0n) is 11.3. The summed E-state index contributed by atoms with van der Waals surface area (Å²) in [6, 6.07) is 2.49. The standard InChI is InChI=1S/C12H21N5/c1-6-14-12(5,8-13)7-9(2)17-11(4)15-10(3)16-17/h9,14H,6-7H2,1-5H3. The molecule has 1 rings (SSSR count). The Bertz CT molecular complexity index is 417. The lowest BCUT2D eigenvalue weighted by Crippen LogP contribution is -2.42. The van der Waals surface area contributed by atoms with Gasteiger partial charge in [0, 0.05) is 6.42 Å². The van der Waals surface area contributed by atoms with E-state index in [0.29, 0.717) is 6.42 Å².